The Balaban J connectivity index is 1.30. The summed E-state index contributed by atoms with van der Waals surface area (Å²) in [5.41, 5.74) is 10.6. The molecule has 2 saturated heterocycles. The minimum absolute atomic E-state index is 0.0235. The number of rotatable bonds is 6. The molecule has 3 N–H and O–H groups in total. The number of hydrogen-bond acceptors (Lipinski definition) is 10. The van der Waals surface area contributed by atoms with Gasteiger partial charge in [-0.2, -0.15) is 15.2 Å². The van der Waals surface area contributed by atoms with Crippen LogP contribution < -0.4 is 20.5 Å². The lowest BCUT2D eigenvalue weighted by Gasteiger charge is -2.44. The van der Waals surface area contributed by atoms with Crippen LogP contribution >= 0.6 is 0 Å². The number of ether oxygens (including phenoxy) is 2. The second-order valence-electron chi connectivity index (χ2n) is 13.4. The van der Waals surface area contributed by atoms with E-state index in [4.69, 9.17) is 29.7 Å². The molecular formula is C33H41N7O3. The molecule has 1 spiro atoms. The maximum Gasteiger partial charge on any atom is 0.221 e. The molecule has 0 radical (unpaired) electrons. The van der Waals surface area contributed by atoms with Crippen molar-refractivity contribution in [1.82, 2.24) is 25.3 Å². The van der Waals surface area contributed by atoms with E-state index < -0.39 is 5.41 Å². The van der Waals surface area contributed by atoms with Crippen molar-refractivity contribution < 1.29 is 14.0 Å². The quantitative estimate of drug-likeness (QED) is 0.398. The van der Waals surface area contributed by atoms with E-state index in [1.165, 1.54) is 5.56 Å². The largest absolute Gasteiger partial charge is 0.473 e. The van der Waals surface area contributed by atoms with E-state index in [0.717, 1.165) is 81.3 Å². The second-order valence-corrected chi connectivity index (χ2v) is 13.4. The Labute approximate surface area is 252 Å². The Bertz CT molecular complexity index is 1590. The Morgan fingerprint density at radius 2 is 1.95 bits per heavy atom. The molecule has 2 fully saturated rings. The number of likely N-dealkylation sites (N-methyl/N-ethyl adjacent to an activating group) is 1. The monoisotopic (exact) mass is 583 g/mol. The zero-order chi connectivity index (χ0) is 29.9. The molecule has 3 aromatic rings. The van der Waals surface area contributed by atoms with Gasteiger partial charge < -0.3 is 25.0 Å². The minimum atomic E-state index is -0.441. The number of hydrogen-bond donors (Lipinski definition) is 2. The zero-order valence-corrected chi connectivity index (χ0v) is 25.6. The molecule has 10 nitrogen and oxygen atoms in total. The first kappa shape index (κ1) is 28.1. The molecule has 0 amide bonds. The van der Waals surface area contributed by atoms with E-state index in [2.05, 4.69) is 55.3 Å². The number of nitriles is 1. The van der Waals surface area contributed by atoms with Crippen LogP contribution in [0.5, 0.6) is 11.8 Å². The van der Waals surface area contributed by atoms with Gasteiger partial charge in [-0.25, -0.2) is 0 Å². The zero-order valence-electron chi connectivity index (χ0n) is 25.6. The molecule has 2 aliphatic heterocycles. The number of likely N-dealkylation sites (tertiary alicyclic amines) is 1. The van der Waals surface area contributed by atoms with Crippen LogP contribution in [-0.4, -0.2) is 64.0 Å². The SMILES string of the molecule is CC(Oc1cc(OC2CNC2(C)C)nc(-c2noc3c2CCCC32CCCc3ccc(N)c(C#N)c32)n1)C1CCCN1C. The molecule has 0 saturated carbocycles. The molecule has 4 atom stereocenters. The number of aryl methyl sites for hydroxylation is 1. The summed E-state index contributed by atoms with van der Waals surface area (Å²) in [6.07, 6.45) is 7.61. The van der Waals surface area contributed by atoms with Crippen molar-refractivity contribution in [1.29, 1.82) is 5.26 Å². The second kappa shape index (κ2) is 10.5. The van der Waals surface area contributed by atoms with Crippen LogP contribution in [0.25, 0.3) is 11.5 Å². The lowest BCUT2D eigenvalue weighted by molar-refractivity contribution is 0.0261. The van der Waals surface area contributed by atoms with Crippen molar-refractivity contribution in [2.45, 2.75) is 101 Å². The lowest BCUT2D eigenvalue weighted by Crippen LogP contribution is -2.67. The van der Waals surface area contributed by atoms with Crippen LogP contribution in [0.1, 0.15) is 87.3 Å². The summed E-state index contributed by atoms with van der Waals surface area (Å²) in [4.78, 5) is 12.1. The molecule has 1 aromatic carbocycles. The third kappa shape index (κ3) is 4.64. The predicted octanol–water partition coefficient (Wildman–Crippen LogP) is 4.53. The molecule has 2 aromatic heterocycles. The molecule has 10 heteroatoms. The third-order valence-corrected chi connectivity index (χ3v) is 10.3. The van der Waals surface area contributed by atoms with Crippen LogP contribution in [0, 0.1) is 11.3 Å². The summed E-state index contributed by atoms with van der Waals surface area (Å²) >= 11 is 0. The summed E-state index contributed by atoms with van der Waals surface area (Å²) in [5, 5.41) is 18.2. The maximum absolute atomic E-state index is 10.1. The minimum Gasteiger partial charge on any atom is -0.473 e. The van der Waals surface area contributed by atoms with Crippen molar-refractivity contribution >= 4 is 5.69 Å². The molecule has 2 aliphatic carbocycles. The van der Waals surface area contributed by atoms with Crippen LogP contribution in [0.15, 0.2) is 22.7 Å². The van der Waals surface area contributed by atoms with Gasteiger partial charge in [0.1, 0.15) is 18.3 Å². The van der Waals surface area contributed by atoms with E-state index in [1.807, 2.05) is 6.07 Å². The Hall–Kier alpha value is -3.68. The van der Waals surface area contributed by atoms with Gasteiger partial charge in [0.2, 0.25) is 11.8 Å². The van der Waals surface area contributed by atoms with Gasteiger partial charge in [-0.05, 0) is 103 Å². The number of nitrogens with zero attached hydrogens (tertiary/aromatic N) is 5. The molecular weight excluding hydrogens is 542 g/mol. The van der Waals surface area contributed by atoms with Crippen LogP contribution in [0.3, 0.4) is 0 Å². The van der Waals surface area contributed by atoms with Crippen LogP contribution in [0.4, 0.5) is 5.69 Å². The fraction of sp³-hybridized carbons (Fsp3) is 0.576. The normalized spacial score (nSPS) is 26.7. The van der Waals surface area contributed by atoms with Crippen molar-refractivity contribution in [3.63, 3.8) is 0 Å². The van der Waals surface area contributed by atoms with Crippen molar-refractivity contribution in [2.24, 2.45) is 0 Å². The van der Waals surface area contributed by atoms with Crippen molar-refractivity contribution in [3.05, 3.63) is 46.2 Å². The number of benzene rings is 1. The van der Waals surface area contributed by atoms with Gasteiger partial charge in [0.15, 0.2) is 17.3 Å². The molecule has 226 valence electrons. The van der Waals surface area contributed by atoms with Gasteiger partial charge in [-0.3, -0.25) is 4.90 Å². The summed E-state index contributed by atoms with van der Waals surface area (Å²) < 4.78 is 19.1. The highest BCUT2D eigenvalue weighted by molar-refractivity contribution is 5.67. The Morgan fingerprint density at radius 1 is 1.16 bits per heavy atom. The molecule has 7 rings (SSSR count). The van der Waals surface area contributed by atoms with Gasteiger partial charge >= 0.3 is 0 Å². The first-order valence-corrected chi connectivity index (χ1v) is 15.7. The predicted molar refractivity (Wildman–Crippen MR) is 162 cm³/mol. The van der Waals surface area contributed by atoms with Crippen molar-refractivity contribution in [3.8, 4) is 29.3 Å². The number of nitrogens with one attached hydrogen (secondary N) is 1. The average molecular weight is 584 g/mol. The Kier molecular flexibility index (Phi) is 6.86. The highest BCUT2D eigenvalue weighted by Gasteiger charge is 2.48. The van der Waals surface area contributed by atoms with Crippen LogP contribution in [-0.2, 0) is 18.3 Å². The van der Waals surface area contributed by atoms with E-state index >= 15 is 0 Å². The van der Waals surface area contributed by atoms with Gasteiger partial charge in [-0.1, -0.05) is 11.2 Å². The summed E-state index contributed by atoms with van der Waals surface area (Å²) in [5.74, 6) is 2.20. The maximum atomic E-state index is 10.1. The molecule has 0 bridgehead atoms. The summed E-state index contributed by atoms with van der Waals surface area (Å²) in [6.45, 7) is 8.17. The van der Waals surface area contributed by atoms with E-state index in [1.54, 1.807) is 6.07 Å². The van der Waals surface area contributed by atoms with Crippen LogP contribution in [0.2, 0.25) is 0 Å². The topological polar surface area (TPSA) is 135 Å². The smallest absolute Gasteiger partial charge is 0.221 e. The first-order valence-electron chi connectivity index (χ1n) is 15.7. The molecule has 4 unspecified atom stereocenters. The highest BCUT2D eigenvalue weighted by Crippen LogP contribution is 2.53. The first-order chi connectivity index (χ1) is 20.7. The molecule has 4 heterocycles. The van der Waals surface area contributed by atoms with Gasteiger partial charge in [0, 0.05) is 23.8 Å². The summed E-state index contributed by atoms with van der Waals surface area (Å²) in [7, 11) is 2.15. The van der Waals surface area contributed by atoms with Crippen molar-refractivity contribution in [2.75, 3.05) is 25.9 Å². The average Bonchev–Trinajstić information content (AvgIpc) is 3.63. The van der Waals surface area contributed by atoms with E-state index in [9.17, 15) is 5.26 Å². The van der Waals surface area contributed by atoms with E-state index in [0.29, 0.717) is 40.6 Å². The lowest BCUT2D eigenvalue weighted by atomic mass is 9.61. The Morgan fingerprint density at radius 3 is 2.65 bits per heavy atom. The standard InChI is InChI=1S/C33H41N7O3/c1-19(24-10-7-15-40(24)4)41-26-16-27(42-25-18-36-32(25,2)3)38-31(37-26)29-21-9-6-14-33(30(21)43-39-29)13-5-8-20-11-12-23(35)22(17-34)28(20)33/h11-12,16,19,24-25,36H,5-10,13-15,18,35H2,1-4H3. The number of nitrogen functional groups attached to an aromatic ring is 1. The number of nitrogens with two attached hydrogens (primary N) is 1. The highest BCUT2D eigenvalue weighted by atomic mass is 16.5. The number of anilines is 1. The number of fused-ring (bicyclic) bond motifs is 4. The molecule has 4 aliphatic rings. The number of aromatic nitrogens is 3. The summed E-state index contributed by atoms with van der Waals surface area (Å²) in [6, 6.07) is 8.46. The fourth-order valence-corrected chi connectivity index (χ4v) is 7.85. The van der Waals surface area contributed by atoms with Gasteiger partial charge in [0.05, 0.1) is 22.6 Å². The molecule has 43 heavy (non-hydrogen) atoms. The van der Waals surface area contributed by atoms with Gasteiger partial charge in [-0.15, -0.1) is 0 Å². The van der Waals surface area contributed by atoms with E-state index in [-0.39, 0.29) is 17.7 Å². The fourth-order valence-electron chi connectivity index (χ4n) is 7.85. The third-order valence-electron chi connectivity index (χ3n) is 10.3. The van der Waals surface area contributed by atoms with Gasteiger partial charge in [0.25, 0.3) is 0 Å².